The highest BCUT2D eigenvalue weighted by molar-refractivity contribution is 5.73. The maximum atomic E-state index is 12.5. The third-order valence-electron chi connectivity index (χ3n) is 6.35. The molecule has 0 aromatic carbocycles. The van der Waals surface area contributed by atoms with Gasteiger partial charge in [-0.25, -0.2) is 4.79 Å². The number of rotatable bonds is 5. The second kappa shape index (κ2) is 8.42. The van der Waals surface area contributed by atoms with E-state index in [4.69, 9.17) is 0 Å². The summed E-state index contributed by atoms with van der Waals surface area (Å²) in [6.45, 7) is 7.81. The Morgan fingerprint density at radius 1 is 1.23 bits per heavy atom. The summed E-state index contributed by atoms with van der Waals surface area (Å²) in [4.78, 5) is 16.9. The predicted molar refractivity (Wildman–Crippen MR) is 104 cm³/mol. The number of nitrogens with one attached hydrogen (secondary N) is 1. The van der Waals surface area contributed by atoms with Crippen LogP contribution in [0, 0.1) is 19.8 Å². The number of nitrogens with zero attached hydrogens (tertiary/aromatic N) is 4. The van der Waals surface area contributed by atoms with Gasteiger partial charge in [0.2, 0.25) is 0 Å². The van der Waals surface area contributed by atoms with E-state index in [1.165, 1.54) is 45.1 Å². The van der Waals surface area contributed by atoms with Crippen molar-refractivity contribution < 1.29 is 4.79 Å². The van der Waals surface area contributed by atoms with E-state index in [-0.39, 0.29) is 6.03 Å². The molecule has 1 aliphatic heterocycles. The predicted octanol–water partition coefficient (Wildman–Crippen LogP) is 2.83. The normalized spacial score (nSPS) is 21.9. The van der Waals surface area contributed by atoms with Gasteiger partial charge in [-0.15, -0.1) is 0 Å². The molecule has 2 fully saturated rings. The van der Waals surface area contributed by atoms with Crippen LogP contribution in [0.3, 0.4) is 0 Å². The number of carbonyl (C=O) groups excluding carboxylic acids is 1. The molecule has 1 atom stereocenters. The highest BCUT2D eigenvalue weighted by atomic mass is 16.2. The molecule has 0 radical (unpaired) electrons. The van der Waals surface area contributed by atoms with Gasteiger partial charge in [0.15, 0.2) is 0 Å². The Bertz CT molecular complexity index is 620. The van der Waals surface area contributed by atoms with Gasteiger partial charge in [0.25, 0.3) is 0 Å². The Kier molecular flexibility index (Phi) is 6.22. The highest BCUT2D eigenvalue weighted by Gasteiger charge is 2.29. The van der Waals surface area contributed by atoms with Gasteiger partial charge in [0, 0.05) is 44.5 Å². The van der Waals surface area contributed by atoms with Crippen LogP contribution >= 0.6 is 0 Å². The van der Waals surface area contributed by atoms with Gasteiger partial charge in [-0.1, -0.05) is 19.3 Å². The standard InChI is InChI=1S/C20H35N5O/c1-15-19(16(2)24(4)22-15)14-23(3)20(26)21-12-17-10-11-25(13-17)18-8-6-5-7-9-18/h17-18H,5-14H2,1-4H3,(H,21,26)/t17-/m1/s1. The minimum Gasteiger partial charge on any atom is -0.338 e. The van der Waals surface area contributed by atoms with E-state index < -0.39 is 0 Å². The van der Waals surface area contributed by atoms with Crippen LogP contribution in [0.1, 0.15) is 55.5 Å². The fourth-order valence-electron chi connectivity index (χ4n) is 4.53. The summed E-state index contributed by atoms with van der Waals surface area (Å²) >= 11 is 0. The Morgan fingerprint density at radius 2 is 1.96 bits per heavy atom. The van der Waals surface area contributed by atoms with E-state index in [0.29, 0.717) is 12.5 Å². The second-order valence-electron chi connectivity index (χ2n) is 8.26. The number of urea groups is 1. The van der Waals surface area contributed by atoms with E-state index in [1.807, 2.05) is 25.7 Å². The molecule has 1 saturated carbocycles. The van der Waals surface area contributed by atoms with E-state index in [9.17, 15) is 4.79 Å². The van der Waals surface area contributed by atoms with Crippen molar-refractivity contribution >= 4 is 6.03 Å². The molecule has 2 amide bonds. The monoisotopic (exact) mass is 361 g/mol. The average molecular weight is 362 g/mol. The molecular formula is C20H35N5O. The largest absolute Gasteiger partial charge is 0.338 e. The van der Waals surface area contributed by atoms with Gasteiger partial charge in [-0.3, -0.25) is 4.68 Å². The molecule has 1 aromatic heterocycles. The lowest BCUT2D eigenvalue weighted by Gasteiger charge is -2.31. The molecule has 2 aliphatic rings. The van der Waals surface area contributed by atoms with Crippen molar-refractivity contribution in [3.05, 3.63) is 17.0 Å². The molecule has 0 bridgehead atoms. The maximum Gasteiger partial charge on any atom is 0.317 e. The van der Waals surface area contributed by atoms with Gasteiger partial charge in [-0.05, 0) is 45.6 Å². The summed E-state index contributed by atoms with van der Waals surface area (Å²) in [5.74, 6) is 0.594. The summed E-state index contributed by atoms with van der Waals surface area (Å²) in [6, 6.07) is 0.812. The fourth-order valence-corrected chi connectivity index (χ4v) is 4.53. The first-order valence-corrected chi connectivity index (χ1v) is 10.2. The van der Waals surface area contributed by atoms with E-state index >= 15 is 0 Å². The Balaban J connectivity index is 1.43. The minimum absolute atomic E-state index is 0.0174. The zero-order chi connectivity index (χ0) is 18.7. The number of amides is 2. The number of likely N-dealkylation sites (tertiary alicyclic amines) is 1. The molecule has 146 valence electrons. The molecule has 6 heteroatoms. The Hall–Kier alpha value is -1.56. The number of carbonyl (C=O) groups is 1. The fraction of sp³-hybridized carbons (Fsp3) is 0.800. The molecule has 1 saturated heterocycles. The van der Waals surface area contributed by atoms with Gasteiger partial charge in [0.1, 0.15) is 0 Å². The molecule has 3 rings (SSSR count). The highest BCUT2D eigenvalue weighted by Crippen LogP contribution is 2.27. The summed E-state index contributed by atoms with van der Waals surface area (Å²) in [5, 5.41) is 7.58. The van der Waals surface area contributed by atoms with Crippen LogP contribution < -0.4 is 5.32 Å². The zero-order valence-electron chi connectivity index (χ0n) is 16.9. The average Bonchev–Trinajstić information content (AvgIpc) is 3.21. The third kappa shape index (κ3) is 4.40. The first kappa shape index (κ1) is 19.2. The molecule has 0 spiro atoms. The van der Waals surface area contributed by atoms with Crippen LogP contribution in [-0.2, 0) is 13.6 Å². The summed E-state index contributed by atoms with van der Waals surface area (Å²) in [5.41, 5.74) is 3.28. The minimum atomic E-state index is 0.0174. The number of hydrogen-bond donors (Lipinski definition) is 1. The van der Waals surface area contributed by atoms with Crippen molar-refractivity contribution in [1.82, 2.24) is 24.9 Å². The smallest absolute Gasteiger partial charge is 0.317 e. The van der Waals surface area contributed by atoms with Gasteiger partial charge >= 0.3 is 6.03 Å². The summed E-state index contributed by atoms with van der Waals surface area (Å²) < 4.78 is 1.88. The van der Waals surface area contributed by atoms with E-state index in [0.717, 1.165) is 36.1 Å². The van der Waals surface area contributed by atoms with Crippen LogP contribution in [0.2, 0.25) is 0 Å². The molecule has 2 heterocycles. The topological polar surface area (TPSA) is 53.4 Å². The molecule has 0 unspecified atom stereocenters. The van der Waals surface area contributed by atoms with Crippen molar-refractivity contribution in [3.8, 4) is 0 Å². The lowest BCUT2D eigenvalue weighted by molar-refractivity contribution is 0.183. The maximum absolute atomic E-state index is 12.5. The first-order valence-electron chi connectivity index (χ1n) is 10.2. The molecular weight excluding hydrogens is 326 g/mol. The third-order valence-corrected chi connectivity index (χ3v) is 6.35. The number of hydrogen-bond acceptors (Lipinski definition) is 3. The zero-order valence-corrected chi connectivity index (χ0v) is 16.9. The number of aryl methyl sites for hydroxylation is 2. The van der Waals surface area contributed by atoms with E-state index in [2.05, 4.69) is 22.2 Å². The van der Waals surface area contributed by atoms with Gasteiger partial charge in [0.05, 0.1) is 12.2 Å². The van der Waals surface area contributed by atoms with Crippen LogP contribution in [0.4, 0.5) is 4.79 Å². The first-order chi connectivity index (χ1) is 12.5. The Labute approximate surface area is 157 Å². The molecule has 1 aliphatic carbocycles. The van der Waals surface area contributed by atoms with Crippen molar-refractivity contribution in [2.45, 2.75) is 65.0 Å². The Morgan fingerprint density at radius 3 is 2.62 bits per heavy atom. The van der Waals surface area contributed by atoms with Gasteiger partial charge in [-0.2, -0.15) is 5.10 Å². The van der Waals surface area contributed by atoms with Crippen molar-refractivity contribution in [3.63, 3.8) is 0 Å². The molecule has 6 nitrogen and oxygen atoms in total. The summed E-state index contributed by atoms with van der Waals surface area (Å²) in [6.07, 6.45) is 8.13. The van der Waals surface area contributed by atoms with Crippen molar-refractivity contribution in [2.24, 2.45) is 13.0 Å². The van der Waals surface area contributed by atoms with Gasteiger partial charge < -0.3 is 15.1 Å². The van der Waals surface area contributed by atoms with Crippen molar-refractivity contribution in [2.75, 3.05) is 26.7 Å². The van der Waals surface area contributed by atoms with Crippen molar-refractivity contribution in [1.29, 1.82) is 0 Å². The van der Waals surface area contributed by atoms with Crippen LogP contribution in [0.15, 0.2) is 0 Å². The number of aromatic nitrogens is 2. The molecule has 1 N–H and O–H groups in total. The van der Waals surface area contributed by atoms with E-state index in [1.54, 1.807) is 4.90 Å². The lowest BCUT2D eigenvalue weighted by atomic mass is 9.94. The van der Waals surface area contributed by atoms with Crippen LogP contribution in [0.5, 0.6) is 0 Å². The second-order valence-corrected chi connectivity index (χ2v) is 8.26. The summed E-state index contributed by atoms with van der Waals surface area (Å²) in [7, 11) is 3.81. The lowest BCUT2D eigenvalue weighted by Crippen LogP contribution is -2.40. The van der Waals surface area contributed by atoms with Crippen LogP contribution in [0.25, 0.3) is 0 Å². The molecule has 1 aromatic rings. The SMILES string of the molecule is Cc1nn(C)c(C)c1CN(C)C(=O)NC[C@H]1CCN(C2CCCCC2)C1. The van der Waals surface area contributed by atoms with Crippen LogP contribution in [-0.4, -0.2) is 58.3 Å². The quantitative estimate of drug-likeness (QED) is 0.877. The molecule has 26 heavy (non-hydrogen) atoms.